The quantitative estimate of drug-likeness (QED) is 0.729. The Bertz CT molecular complexity index is 599. The van der Waals surface area contributed by atoms with Crippen molar-refractivity contribution < 1.29 is 9.90 Å². The standard InChI is InChI=1S/C13H11ClN2O2/c14-8-4-5-11(12(15)6-8)13(18)16-9-2-1-3-10(17)7-9/h1-7,17H,15H2,(H,16,18). The molecule has 0 aromatic heterocycles. The van der Waals surface area contributed by atoms with Gasteiger partial charge in [-0.1, -0.05) is 17.7 Å². The maximum absolute atomic E-state index is 11.9. The summed E-state index contributed by atoms with van der Waals surface area (Å²) in [5.74, 6) is -0.272. The van der Waals surface area contributed by atoms with Crippen molar-refractivity contribution in [3.8, 4) is 5.75 Å². The van der Waals surface area contributed by atoms with E-state index in [1.54, 1.807) is 24.3 Å². The molecule has 0 spiro atoms. The van der Waals surface area contributed by atoms with Crippen molar-refractivity contribution in [2.45, 2.75) is 0 Å². The third-order valence-electron chi connectivity index (χ3n) is 2.36. The molecular weight excluding hydrogens is 252 g/mol. The Hall–Kier alpha value is -2.20. The Kier molecular flexibility index (Phi) is 3.39. The molecule has 0 bridgehead atoms. The lowest BCUT2D eigenvalue weighted by atomic mass is 10.1. The maximum atomic E-state index is 11.9. The molecule has 0 aliphatic heterocycles. The molecule has 0 fully saturated rings. The van der Waals surface area contributed by atoms with Crippen LogP contribution in [0, 0.1) is 0 Å². The first-order chi connectivity index (χ1) is 8.56. The smallest absolute Gasteiger partial charge is 0.257 e. The van der Waals surface area contributed by atoms with Gasteiger partial charge in [0.25, 0.3) is 5.91 Å². The first-order valence-electron chi connectivity index (χ1n) is 5.21. The van der Waals surface area contributed by atoms with E-state index < -0.39 is 0 Å². The van der Waals surface area contributed by atoms with Crippen LogP contribution in [0.2, 0.25) is 5.02 Å². The second kappa shape index (κ2) is 4.98. The van der Waals surface area contributed by atoms with Crippen LogP contribution in [0.1, 0.15) is 10.4 Å². The Morgan fingerprint density at radius 1 is 1.22 bits per heavy atom. The number of nitrogens with one attached hydrogen (secondary N) is 1. The summed E-state index contributed by atoms with van der Waals surface area (Å²) >= 11 is 5.76. The lowest BCUT2D eigenvalue weighted by molar-refractivity contribution is 0.102. The Morgan fingerprint density at radius 2 is 2.00 bits per heavy atom. The van der Waals surface area contributed by atoms with E-state index in [9.17, 15) is 9.90 Å². The zero-order valence-corrected chi connectivity index (χ0v) is 10.1. The molecule has 0 aliphatic rings. The third kappa shape index (κ3) is 2.73. The number of aromatic hydroxyl groups is 1. The van der Waals surface area contributed by atoms with Crippen LogP contribution in [-0.2, 0) is 0 Å². The SMILES string of the molecule is Nc1cc(Cl)ccc1C(=O)Nc1cccc(O)c1. The monoisotopic (exact) mass is 262 g/mol. The fourth-order valence-corrected chi connectivity index (χ4v) is 1.70. The first-order valence-corrected chi connectivity index (χ1v) is 5.59. The van der Waals surface area contributed by atoms with E-state index in [-0.39, 0.29) is 11.7 Å². The zero-order chi connectivity index (χ0) is 13.1. The van der Waals surface area contributed by atoms with Gasteiger partial charge in [0, 0.05) is 22.5 Å². The van der Waals surface area contributed by atoms with E-state index in [1.165, 1.54) is 18.2 Å². The van der Waals surface area contributed by atoms with E-state index in [0.717, 1.165) is 0 Å². The van der Waals surface area contributed by atoms with Crippen LogP contribution in [0.25, 0.3) is 0 Å². The third-order valence-corrected chi connectivity index (χ3v) is 2.60. The lowest BCUT2D eigenvalue weighted by Crippen LogP contribution is -2.13. The van der Waals surface area contributed by atoms with Crippen molar-refractivity contribution in [2.75, 3.05) is 11.1 Å². The van der Waals surface area contributed by atoms with Gasteiger partial charge in [0.2, 0.25) is 0 Å². The fraction of sp³-hybridized carbons (Fsp3) is 0. The Morgan fingerprint density at radius 3 is 2.67 bits per heavy atom. The number of phenols is 1. The topological polar surface area (TPSA) is 75.4 Å². The van der Waals surface area contributed by atoms with Gasteiger partial charge in [-0.15, -0.1) is 0 Å². The highest BCUT2D eigenvalue weighted by Gasteiger charge is 2.10. The van der Waals surface area contributed by atoms with Crippen molar-refractivity contribution in [2.24, 2.45) is 0 Å². The van der Waals surface area contributed by atoms with E-state index in [1.807, 2.05) is 0 Å². The normalized spacial score (nSPS) is 10.1. The molecule has 4 N–H and O–H groups in total. The summed E-state index contributed by atoms with van der Waals surface area (Å²) in [7, 11) is 0. The van der Waals surface area contributed by atoms with Gasteiger partial charge >= 0.3 is 0 Å². The molecule has 0 unspecified atom stereocenters. The van der Waals surface area contributed by atoms with Gasteiger partial charge < -0.3 is 16.2 Å². The highest BCUT2D eigenvalue weighted by molar-refractivity contribution is 6.31. The number of anilines is 2. The number of rotatable bonds is 2. The molecular formula is C13H11ClN2O2. The number of hydrogen-bond acceptors (Lipinski definition) is 3. The molecule has 0 aliphatic carbocycles. The van der Waals surface area contributed by atoms with Crippen LogP contribution >= 0.6 is 11.6 Å². The van der Waals surface area contributed by atoms with E-state index in [2.05, 4.69) is 5.32 Å². The van der Waals surface area contributed by atoms with Crippen molar-refractivity contribution in [1.82, 2.24) is 0 Å². The first kappa shape index (κ1) is 12.3. The average Bonchev–Trinajstić information content (AvgIpc) is 2.28. The molecule has 4 nitrogen and oxygen atoms in total. The molecule has 2 aromatic rings. The summed E-state index contributed by atoms with van der Waals surface area (Å²) in [5, 5.41) is 12.4. The lowest BCUT2D eigenvalue weighted by Gasteiger charge is -2.08. The highest BCUT2D eigenvalue weighted by Crippen LogP contribution is 2.20. The minimum atomic E-state index is -0.352. The van der Waals surface area contributed by atoms with Crippen LogP contribution < -0.4 is 11.1 Å². The minimum absolute atomic E-state index is 0.0804. The highest BCUT2D eigenvalue weighted by atomic mass is 35.5. The maximum Gasteiger partial charge on any atom is 0.257 e. The number of halogens is 1. The summed E-state index contributed by atoms with van der Waals surface area (Å²) in [6, 6.07) is 10.9. The van der Waals surface area contributed by atoms with Gasteiger partial charge in [-0.3, -0.25) is 4.79 Å². The van der Waals surface area contributed by atoms with Crippen LogP contribution in [0.15, 0.2) is 42.5 Å². The number of hydrogen-bond donors (Lipinski definition) is 3. The van der Waals surface area contributed by atoms with Crippen LogP contribution in [-0.4, -0.2) is 11.0 Å². The van der Waals surface area contributed by atoms with E-state index >= 15 is 0 Å². The molecule has 92 valence electrons. The Balaban J connectivity index is 2.22. The second-order valence-electron chi connectivity index (χ2n) is 3.74. The van der Waals surface area contributed by atoms with Crippen LogP contribution in [0.5, 0.6) is 5.75 Å². The van der Waals surface area contributed by atoms with Gasteiger partial charge in [-0.05, 0) is 30.3 Å². The van der Waals surface area contributed by atoms with Gasteiger partial charge in [-0.2, -0.15) is 0 Å². The second-order valence-corrected chi connectivity index (χ2v) is 4.17. The van der Waals surface area contributed by atoms with Gasteiger partial charge in [-0.25, -0.2) is 0 Å². The van der Waals surface area contributed by atoms with Crippen molar-refractivity contribution in [3.05, 3.63) is 53.1 Å². The zero-order valence-electron chi connectivity index (χ0n) is 9.35. The van der Waals surface area contributed by atoms with Crippen molar-refractivity contribution in [1.29, 1.82) is 0 Å². The molecule has 0 heterocycles. The van der Waals surface area contributed by atoms with Crippen molar-refractivity contribution >= 4 is 28.9 Å². The molecule has 2 aromatic carbocycles. The predicted molar refractivity (Wildman–Crippen MR) is 71.9 cm³/mol. The molecule has 5 heteroatoms. The van der Waals surface area contributed by atoms with E-state index in [0.29, 0.717) is 22.0 Å². The number of carbonyl (C=O) groups excluding carboxylic acids is 1. The Labute approximate surface area is 109 Å². The number of amides is 1. The molecule has 18 heavy (non-hydrogen) atoms. The predicted octanol–water partition coefficient (Wildman–Crippen LogP) is 2.88. The molecule has 1 amide bonds. The molecule has 0 saturated heterocycles. The summed E-state index contributed by atoms with van der Waals surface area (Å²) in [5.41, 5.74) is 6.85. The summed E-state index contributed by atoms with van der Waals surface area (Å²) in [6.07, 6.45) is 0. The minimum Gasteiger partial charge on any atom is -0.508 e. The number of phenolic OH excluding ortho intramolecular Hbond substituents is 1. The van der Waals surface area contributed by atoms with Crippen LogP contribution in [0.4, 0.5) is 11.4 Å². The van der Waals surface area contributed by atoms with Gasteiger partial charge in [0.1, 0.15) is 5.75 Å². The fourth-order valence-electron chi connectivity index (χ4n) is 1.52. The summed E-state index contributed by atoms with van der Waals surface area (Å²) in [4.78, 5) is 11.9. The van der Waals surface area contributed by atoms with Gasteiger partial charge in [0.15, 0.2) is 0 Å². The molecule has 0 radical (unpaired) electrons. The number of benzene rings is 2. The van der Waals surface area contributed by atoms with Crippen LogP contribution in [0.3, 0.4) is 0 Å². The van der Waals surface area contributed by atoms with Crippen molar-refractivity contribution in [3.63, 3.8) is 0 Å². The molecule has 0 saturated carbocycles. The van der Waals surface area contributed by atoms with E-state index in [4.69, 9.17) is 17.3 Å². The summed E-state index contributed by atoms with van der Waals surface area (Å²) < 4.78 is 0. The number of nitrogens with two attached hydrogens (primary N) is 1. The largest absolute Gasteiger partial charge is 0.508 e. The number of carbonyl (C=O) groups is 1. The average molecular weight is 263 g/mol. The van der Waals surface area contributed by atoms with Gasteiger partial charge in [0.05, 0.1) is 5.56 Å². The molecule has 0 atom stereocenters. The number of nitrogen functional groups attached to an aromatic ring is 1. The summed E-state index contributed by atoms with van der Waals surface area (Å²) in [6.45, 7) is 0. The molecule has 2 rings (SSSR count).